The molecule has 1 unspecified atom stereocenters. The summed E-state index contributed by atoms with van der Waals surface area (Å²) in [4.78, 5) is 30.6. The van der Waals surface area contributed by atoms with E-state index in [0.29, 0.717) is 6.42 Å². The molecule has 20 heavy (non-hydrogen) atoms. The summed E-state index contributed by atoms with van der Waals surface area (Å²) in [7, 11) is 0. The largest absolute Gasteiger partial charge is 0.478 e. The van der Waals surface area contributed by atoms with Crippen LogP contribution in [0.2, 0.25) is 0 Å². The Bertz CT molecular complexity index is 445. The van der Waals surface area contributed by atoms with E-state index in [4.69, 9.17) is 15.3 Å². The molecule has 0 saturated heterocycles. The zero-order valence-electron chi connectivity index (χ0n) is 11.8. The van der Waals surface area contributed by atoms with E-state index in [1.165, 1.54) is 13.0 Å². The van der Waals surface area contributed by atoms with Gasteiger partial charge in [0.25, 0.3) is 0 Å². The third-order valence-corrected chi connectivity index (χ3v) is 2.39. The van der Waals surface area contributed by atoms with E-state index in [1.54, 1.807) is 13.8 Å². The van der Waals surface area contributed by atoms with Crippen molar-refractivity contribution in [2.24, 2.45) is 5.92 Å². The Morgan fingerprint density at radius 2 is 1.50 bits per heavy atom. The van der Waals surface area contributed by atoms with Gasteiger partial charge in [-0.25, -0.2) is 14.4 Å². The number of carboxylic acids is 3. The van der Waals surface area contributed by atoms with Gasteiger partial charge in [-0.1, -0.05) is 33.1 Å². The van der Waals surface area contributed by atoms with Crippen molar-refractivity contribution in [2.75, 3.05) is 0 Å². The van der Waals surface area contributed by atoms with E-state index >= 15 is 0 Å². The second kappa shape index (κ2) is 9.55. The van der Waals surface area contributed by atoms with Gasteiger partial charge in [-0.05, 0) is 13.3 Å². The molecule has 112 valence electrons. The first kappa shape index (κ1) is 20.0. The number of carboxylic acid groups (broad SMARTS) is 3. The molecular weight excluding hydrogens is 264 g/mol. The van der Waals surface area contributed by atoms with E-state index < -0.39 is 23.8 Å². The number of hydrogen-bond donors (Lipinski definition) is 3. The maximum absolute atomic E-state index is 10.4. The van der Waals surface area contributed by atoms with E-state index in [0.717, 1.165) is 0 Å². The van der Waals surface area contributed by atoms with Crippen molar-refractivity contribution in [3.63, 3.8) is 0 Å². The van der Waals surface area contributed by atoms with Gasteiger partial charge in [-0.15, -0.1) is 0 Å². The molecule has 1 atom stereocenters. The maximum Gasteiger partial charge on any atom is 0.331 e. The summed E-state index contributed by atoms with van der Waals surface area (Å²) in [5, 5.41) is 25.1. The topological polar surface area (TPSA) is 112 Å². The molecule has 6 nitrogen and oxygen atoms in total. The van der Waals surface area contributed by atoms with Crippen molar-refractivity contribution in [3.05, 3.63) is 36.0 Å². The standard InChI is InChI=1S/C9H12O4.C5H8O2/c1-5(7(3)9(12)13)4-6(2)8(10)11;1-3-4(2)5(6)7/h4-5H,3H2,1-2H3,(H,10,11)(H,12,13);2-3H2,1H3,(H,6,7). The van der Waals surface area contributed by atoms with Gasteiger partial charge >= 0.3 is 17.9 Å². The monoisotopic (exact) mass is 284 g/mol. The van der Waals surface area contributed by atoms with Gasteiger partial charge in [-0.2, -0.15) is 0 Å². The molecule has 0 rings (SSSR count). The Hall–Kier alpha value is -2.37. The van der Waals surface area contributed by atoms with Crippen LogP contribution >= 0.6 is 0 Å². The molecule has 3 N–H and O–H groups in total. The zero-order chi connectivity index (χ0) is 16.5. The molecule has 0 aliphatic rings. The molecule has 0 saturated carbocycles. The number of aliphatic carboxylic acids is 3. The van der Waals surface area contributed by atoms with Gasteiger partial charge in [0, 0.05) is 22.6 Å². The van der Waals surface area contributed by atoms with Crippen LogP contribution < -0.4 is 0 Å². The lowest BCUT2D eigenvalue weighted by molar-refractivity contribution is -0.134. The van der Waals surface area contributed by atoms with Crippen LogP contribution in [-0.4, -0.2) is 33.2 Å². The molecular formula is C14H20O6. The Labute approximate surface area is 117 Å². The van der Waals surface area contributed by atoms with Crippen molar-refractivity contribution in [2.45, 2.75) is 27.2 Å². The van der Waals surface area contributed by atoms with Crippen LogP contribution in [0.5, 0.6) is 0 Å². The zero-order valence-corrected chi connectivity index (χ0v) is 11.8. The molecule has 0 aliphatic heterocycles. The summed E-state index contributed by atoms with van der Waals surface area (Å²) in [5.41, 5.74) is 0.371. The summed E-state index contributed by atoms with van der Waals surface area (Å²) in [5.74, 6) is -3.52. The normalized spacial score (nSPS) is 11.7. The Balaban J connectivity index is 0. The molecule has 0 fully saturated rings. The molecule has 0 heterocycles. The van der Waals surface area contributed by atoms with Crippen LogP contribution in [0.25, 0.3) is 0 Å². The highest BCUT2D eigenvalue weighted by molar-refractivity contribution is 5.89. The summed E-state index contributed by atoms with van der Waals surface area (Å²) < 4.78 is 0. The van der Waals surface area contributed by atoms with Crippen LogP contribution in [0.4, 0.5) is 0 Å². The first-order chi connectivity index (χ1) is 9.04. The van der Waals surface area contributed by atoms with E-state index in [9.17, 15) is 14.4 Å². The highest BCUT2D eigenvalue weighted by Gasteiger charge is 2.12. The summed E-state index contributed by atoms with van der Waals surface area (Å²) in [6.07, 6.45) is 1.88. The second-order valence-corrected chi connectivity index (χ2v) is 4.04. The van der Waals surface area contributed by atoms with Gasteiger partial charge < -0.3 is 15.3 Å². The minimum absolute atomic E-state index is 0.0133. The van der Waals surface area contributed by atoms with Crippen molar-refractivity contribution in [3.8, 4) is 0 Å². The fourth-order valence-electron chi connectivity index (χ4n) is 0.893. The molecule has 0 aliphatic carbocycles. The fraction of sp³-hybridized carbons (Fsp3) is 0.357. The molecule has 0 aromatic heterocycles. The highest BCUT2D eigenvalue weighted by Crippen LogP contribution is 2.12. The summed E-state index contributed by atoms with van der Waals surface area (Å²) in [6, 6.07) is 0. The van der Waals surface area contributed by atoms with Crippen LogP contribution in [0.3, 0.4) is 0 Å². The quantitative estimate of drug-likeness (QED) is 0.645. The molecule has 6 heteroatoms. The van der Waals surface area contributed by atoms with Crippen LogP contribution in [0, 0.1) is 5.92 Å². The molecule has 0 spiro atoms. The first-order valence-corrected chi connectivity index (χ1v) is 5.79. The minimum atomic E-state index is -1.11. The van der Waals surface area contributed by atoms with Gasteiger partial charge in [0.2, 0.25) is 0 Å². The fourth-order valence-corrected chi connectivity index (χ4v) is 0.893. The van der Waals surface area contributed by atoms with Crippen molar-refractivity contribution in [1.29, 1.82) is 0 Å². The van der Waals surface area contributed by atoms with Crippen LogP contribution in [0.1, 0.15) is 27.2 Å². The van der Waals surface area contributed by atoms with Crippen LogP contribution in [-0.2, 0) is 14.4 Å². The number of carbonyl (C=O) groups is 3. The van der Waals surface area contributed by atoms with Crippen molar-refractivity contribution < 1.29 is 29.7 Å². The second-order valence-electron chi connectivity index (χ2n) is 4.04. The minimum Gasteiger partial charge on any atom is -0.478 e. The molecule has 0 radical (unpaired) electrons. The van der Waals surface area contributed by atoms with Gasteiger partial charge in [0.05, 0.1) is 0 Å². The van der Waals surface area contributed by atoms with Crippen molar-refractivity contribution in [1.82, 2.24) is 0 Å². The SMILES string of the molecule is C=C(C(=O)O)C(C)C=C(C)C(=O)O.C=C(CC)C(=O)O. The van der Waals surface area contributed by atoms with Gasteiger partial charge in [0.15, 0.2) is 0 Å². The highest BCUT2D eigenvalue weighted by atomic mass is 16.4. The number of hydrogen-bond acceptors (Lipinski definition) is 3. The van der Waals surface area contributed by atoms with E-state index in [2.05, 4.69) is 13.2 Å². The molecule has 0 amide bonds. The molecule has 0 bridgehead atoms. The third-order valence-electron chi connectivity index (χ3n) is 2.39. The Morgan fingerprint density at radius 1 is 1.05 bits per heavy atom. The number of rotatable bonds is 6. The van der Waals surface area contributed by atoms with Crippen molar-refractivity contribution >= 4 is 17.9 Å². The Morgan fingerprint density at radius 3 is 1.70 bits per heavy atom. The lowest BCUT2D eigenvalue weighted by atomic mass is 10.0. The molecule has 0 aromatic rings. The average Bonchev–Trinajstić information content (AvgIpc) is 2.36. The lowest BCUT2D eigenvalue weighted by Crippen LogP contribution is -2.08. The van der Waals surface area contributed by atoms with Gasteiger partial charge in [0.1, 0.15) is 0 Å². The third kappa shape index (κ3) is 8.68. The number of allylic oxidation sites excluding steroid dienone is 1. The summed E-state index contributed by atoms with van der Waals surface area (Å²) in [6.45, 7) is 11.4. The van der Waals surface area contributed by atoms with Crippen LogP contribution in [0.15, 0.2) is 36.0 Å². The average molecular weight is 284 g/mol. The molecule has 0 aromatic carbocycles. The lowest BCUT2D eigenvalue weighted by Gasteiger charge is -2.05. The first-order valence-electron chi connectivity index (χ1n) is 5.79. The van der Waals surface area contributed by atoms with Gasteiger partial charge in [-0.3, -0.25) is 0 Å². The van der Waals surface area contributed by atoms with E-state index in [1.807, 2.05) is 0 Å². The van der Waals surface area contributed by atoms with E-state index in [-0.39, 0.29) is 16.7 Å². The summed E-state index contributed by atoms with van der Waals surface area (Å²) >= 11 is 0. The smallest absolute Gasteiger partial charge is 0.331 e. The predicted octanol–water partition coefficient (Wildman–Crippen LogP) is 2.33. The predicted molar refractivity (Wildman–Crippen MR) is 74.4 cm³/mol. The maximum atomic E-state index is 10.4. The Kier molecular flexibility index (Phi) is 9.53.